The Morgan fingerprint density at radius 3 is 2.43 bits per heavy atom. The molecule has 0 spiro atoms. The van der Waals surface area contributed by atoms with Crippen molar-refractivity contribution in [3.63, 3.8) is 0 Å². The van der Waals surface area contributed by atoms with E-state index in [1.54, 1.807) is 38.4 Å². The number of pyridine rings is 2. The summed E-state index contributed by atoms with van der Waals surface area (Å²) in [6.45, 7) is 2.05. The van der Waals surface area contributed by atoms with Crippen LogP contribution in [-0.4, -0.2) is 64.5 Å². The van der Waals surface area contributed by atoms with Gasteiger partial charge in [0.1, 0.15) is 17.1 Å². The number of amides is 1. The van der Waals surface area contributed by atoms with Crippen LogP contribution in [0, 0.1) is 0 Å². The number of nitrogens with one attached hydrogen (secondary N) is 1. The zero-order valence-electron chi connectivity index (χ0n) is 21.8. The molecule has 0 unspecified atom stereocenters. The maximum absolute atomic E-state index is 15.9. The van der Waals surface area contributed by atoms with Crippen molar-refractivity contribution in [1.82, 2.24) is 24.3 Å². The van der Waals surface area contributed by atoms with E-state index in [0.29, 0.717) is 37.1 Å². The number of benzene rings is 1. The molecule has 1 saturated heterocycles. The van der Waals surface area contributed by atoms with E-state index in [2.05, 4.69) is 36.9 Å². The van der Waals surface area contributed by atoms with E-state index in [4.69, 9.17) is 0 Å². The van der Waals surface area contributed by atoms with Gasteiger partial charge in [-0.2, -0.15) is 0 Å². The number of alkyl halides is 1. The van der Waals surface area contributed by atoms with Crippen LogP contribution in [0.3, 0.4) is 0 Å². The number of aryl methyl sites for hydroxylation is 1. The molecule has 192 valence electrons. The first-order valence-electron chi connectivity index (χ1n) is 12.6. The Morgan fingerprint density at radius 2 is 1.81 bits per heavy atom. The van der Waals surface area contributed by atoms with Crippen LogP contribution in [-0.2, 0) is 19.3 Å². The molecule has 4 aromatic rings. The van der Waals surface area contributed by atoms with Gasteiger partial charge in [0.25, 0.3) is 5.91 Å². The molecule has 5 rings (SSSR count). The minimum absolute atomic E-state index is 0.0758. The van der Waals surface area contributed by atoms with E-state index < -0.39 is 5.67 Å². The number of likely N-dealkylation sites (tertiary alicyclic amines) is 1. The summed E-state index contributed by atoms with van der Waals surface area (Å²) in [5.41, 5.74) is 4.06. The molecular formula is C29H33FN6O. The van der Waals surface area contributed by atoms with Gasteiger partial charge in [0.2, 0.25) is 0 Å². The van der Waals surface area contributed by atoms with Gasteiger partial charge >= 0.3 is 0 Å². The molecule has 0 radical (unpaired) electrons. The van der Waals surface area contributed by atoms with Crippen LogP contribution in [0.4, 0.5) is 10.2 Å². The van der Waals surface area contributed by atoms with Crippen molar-refractivity contribution in [3.05, 3.63) is 77.7 Å². The molecule has 1 aliphatic heterocycles. The van der Waals surface area contributed by atoms with Crippen molar-refractivity contribution >= 4 is 22.8 Å². The first kappa shape index (κ1) is 24.9. The normalized spacial score (nSPS) is 15.6. The molecule has 3 aromatic heterocycles. The molecule has 37 heavy (non-hydrogen) atoms. The fraction of sp³-hybridized carbons (Fsp3) is 0.345. The van der Waals surface area contributed by atoms with Crippen molar-refractivity contribution in [2.45, 2.75) is 25.1 Å². The van der Waals surface area contributed by atoms with Gasteiger partial charge in [-0.3, -0.25) is 9.69 Å². The summed E-state index contributed by atoms with van der Waals surface area (Å²) in [5, 5.41) is 4.14. The van der Waals surface area contributed by atoms with E-state index in [9.17, 15) is 4.79 Å². The number of hydrogen-bond acceptors (Lipinski definition) is 5. The Kier molecular flexibility index (Phi) is 6.69. The standard InChI is InChI=1S/C29H33FN6O/c1-31-26-10-7-21(18-33-26)24-11-14-32-27-25(24)17-23(35(27)4)19-36-15-12-29(30,13-16-36)22-8-5-20(6-9-22)28(37)34(2)3/h5-11,14,17-18H,12-13,15-16,19H2,1-4H3,(H,31,33). The second-order valence-corrected chi connectivity index (χ2v) is 9.99. The zero-order chi connectivity index (χ0) is 26.2. The number of rotatable bonds is 6. The second kappa shape index (κ2) is 9.94. The zero-order valence-corrected chi connectivity index (χ0v) is 21.8. The van der Waals surface area contributed by atoms with Gasteiger partial charge in [0.05, 0.1) is 0 Å². The first-order chi connectivity index (χ1) is 17.8. The van der Waals surface area contributed by atoms with Crippen molar-refractivity contribution in [3.8, 4) is 11.1 Å². The molecule has 1 aliphatic rings. The highest BCUT2D eigenvalue weighted by Crippen LogP contribution is 2.38. The van der Waals surface area contributed by atoms with Crippen LogP contribution in [0.5, 0.6) is 0 Å². The third-order valence-corrected chi connectivity index (χ3v) is 7.45. The summed E-state index contributed by atoms with van der Waals surface area (Å²) in [7, 11) is 7.33. The second-order valence-electron chi connectivity index (χ2n) is 9.99. The summed E-state index contributed by atoms with van der Waals surface area (Å²) in [6, 6.07) is 15.2. The van der Waals surface area contributed by atoms with E-state index in [0.717, 1.165) is 40.2 Å². The van der Waals surface area contributed by atoms with Crippen molar-refractivity contribution < 1.29 is 9.18 Å². The summed E-state index contributed by atoms with van der Waals surface area (Å²) >= 11 is 0. The van der Waals surface area contributed by atoms with E-state index in [1.165, 1.54) is 4.90 Å². The number of nitrogens with zero attached hydrogens (tertiary/aromatic N) is 5. The number of carbonyl (C=O) groups excluding carboxylic acids is 1. The van der Waals surface area contributed by atoms with Gasteiger partial charge in [0, 0.05) is 82.4 Å². The molecule has 1 fully saturated rings. The lowest BCUT2D eigenvalue weighted by Gasteiger charge is -2.36. The number of anilines is 1. The van der Waals surface area contributed by atoms with Crippen LogP contribution in [0.1, 0.15) is 34.5 Å². The molecule has 0 saturated carbocycles. The lowest BCUT2D eigenvalue weighted by molar-refractivity contribution is 0.0517. The molecule has 0 aliphatic carbocycles. The quantitative estimate of drug-likeness (QED) is 0.410. The van der Waals surface area contributed by atoms with Crippen LogP contribution < -0.4 is 5.32 Å². The van der Waals surface area contributed by atoms with Crippen molar-refractivity contribution in [2.75, 3.05) is 39.5 Å². The number of halogens is 1. The molecular weight excluding hydrogens is 467 g/mol. The largest absolute Gasteiger partial charge is 0.373 e. The van der Waals surface area contributed by atoms with Gasteiger partial charge in [-0.25, -0.2) is 14.4 Å². The topological polar surface area (TPSA) is 66.3 Å². The molecule has 0 bridgehead atoms. The van der Waals surface area contributed by atoms with Gasteiger partial charge in [-0.15, -0.1) is 0 Å². The maximum atomic E-state index is 15.9. The minimum Gasteiger partial charge on any atom is -0.373 e. The Morgan fingerprint density at radius 1 is 1.08 bits per heavy atom. The molecule has 8 heteroatoms. The van der Waals surface area contributed by atoms with Crippen LogP contribution in [0.15, 0.2) is 60.9 Å². The Bertz CT molecular complexity index is 1400. The summed E-state index contributed by atoms with van der Waals surface area (Å²) in [6.07, 6.45) is 4.56. The van der Waals surface area contributed by atoms with E-state index in [-0.39, 0.29) is 5.91 Å². The average Bonchev–Trinajstić information content (AvgIpc) is 3.24. The molecule has 1 aromatic carbocycles. The molecule has 1 N–H and O–H groups in total. The minimum atomic E-state index is -1.38. The molecule has 1 amide bonds. The third kappa shape index (κ3) is 4.81. The van der Waals surface area contributed by atoms with E-state index in [1.807, 2.05) is 38.6 Å². The van der Waals surface area contributed by atoms with Crippen molar-refractivity contribution in [2.24, 2.45) is 7.05 Å². The highest BCUT2D eigenvalue weighted by atomic mass is 19.1. The van der Waals surface area contributed by atoms with Crippen LogP contribution >= 0.6 is 0 Å². The first-order valence-corrected chi connectivity index (χ1v) is 12.6. The SMILES string of the molecule is CNc1ccc(-c2ccnc3c2cc(CN2CCC(F)(c4ccc(C(=O)N(C)C)cc4)CC2)n3C)cn1. The van der Waals surface area contributed by atoms with Gasteiger partial charge < -0.3 is 14.8 Å². The Labute approximate surface area is 216 Å². The van der Waals surface area contributed by atoms with Gasteiger partial charge in [-0.05, 0) is 60.4 Å². The summed E-state index contributed by atoms with van der Waals surface area (Å²) in [4.78, 5) is 25.1. The predicted molar refractivity (Wildman–Crippen MR) is 145 cm³/mol. The molecule has 4 heterocycles. The number of aromatic nitrogens is 3. The fourth-order valence-corrected chi connectivity index (χ4v) is 5.13. The monoisotopic (exact) mass is 500 g/mol. The highest BCUT2D eigenvalue weighted by Gasteiger charge is 2.36. The van der Waals surface area contributed by atoms with Crippen LogP contribution in [0.25, 0.3) is 22.2 Å². The van der Waals surface area contributed by atoms with Gasteiger partial charge in [-0.1, -0.05) is 12.1 Å². The van der Waals surface area contributed by atoms with Crippen molar-refractivity contribution in [1.29, 1.82) is 0 Å². The average molecular weight is 501 g/mol. The summed E-state index contributed by atoms with van der Waals surface area (Å²) in [5.74, 6) is 0.753. The molecule has 7 nitrogen and oxygen atoms in total. The maximum Gasteiger partial charge on any atom is 0.253 e. The van der Waals surface area contributed by atoms with Crippen LogP contribution in [0.2, 0.25) is 0 Å². The lowest BCUT2D eigenvalue weighted by atomic mass is 9.85. The number of hydrogen-bond donors (Lipinski definition) is 1. The van der Waals surface area contributed by atoms with E-state index >= 15 is 4.39 Å². The number of carbonyl (C=O) groups is 1. The number of piperidine rings is 1. The summed E-state index contributed by atoms with van der Waals surface area (Å²) < 4.78 is 18.0. The smallest absolute Gasteiger partial charge is 0.253 e. The lowest BCUT2D eigenvalue weighted by Crippen LogP contribution is -2.40. The Hall–Kier alpha value is -3.78. The Balaban J connectivity index is 1.30. The fourth-order valence-electron chi connectivity index (χ4n) is 5.13. The third-order valence-electron chi connectivity index (χ3n) is 7.45. The molecule has 0 atom stereocenters. The van der Waals surface area contributed by atoms with Gasteiger partial charge in [0.15, 0.2) is 0 Å². The number of fused-ring (bicyclic) bond motifs is 1. The highest BCUT2D eigenvalue weighted by molar-refractivity contribution is 5.94. The predicted octanol–water partition coefficient (Wildman–Crippen LogP) is 4.84.